The van der Waals surface area contributed by atoms with Gasteiger partial charge in [0.25, 0.3) is 0 Å². The number of anilines is 4. The Balaban J connectivity index is 1.78. The molecule has 6 nitrogen and oxygen atoms in total. The SMILES string of the molecule is Cc1cc(Nc2ccnc(Nc3ccc(Br)cc3C)n2)no1. The van der Waals surface area contributed by atoms with Gasteiger partial charge in [0.1, 0.15) is 11.6 Å². The molecule has 0 unspecified atom stereocenters. The molecule has 0 fully saturated rings. The van der Waals surface area contributed by atoms with Gasteiger partial charge in [0.2, 0.25) is 5.95 Å². The Morgan fingerprint density at radius 1 is 1.05 bits per heavy atom. The molecule has 3 aromatic rings. The minimum atomic E-state index is 0.510. The van der Waals surface area contributed by atoms with Crippen molar-refractivity contribution in [2.24, 2.45) is 0 Å². The van der Waals surface area contributed by atoms with Gasteiger partial charge in [-0.1, -0.05) is 21.1 Å². The Hall–Kier alpha value is -2.41. The van der Waals surface area contributed by atoms with Gasteiger partial charge < -0.3 is 15.2 Å². The minimum Gasteiger partial charge on any atom is -0.360 e. The summed E-state index contributed by atoms with van der Waals surface area (Å²) in [7, 11) is 0. The van der Waals surface area contributed by atoms with Crippen molar-refractivity contribution in [1.29, 1.82) is 0 Å². The second-order valence-electron chi connectivity index (χ2n) is 4.80. The third-order valence-electron chi connectivity index (χ3n) is 2.97. The van der Waals surface area contributed by atoms with Gasteiger partial charge in [-0.05, 0) is 43.7 Å². The number of rotatable bonds is 4. The van der Waals surface area contributed by atoms with E-state index in [-0.39, 0.29) is 0 Å². The summed E-state index contributed by atoms with van der Waals surface area (Å²) in [6.07, 6.45) is 1.68. The van der Waals surface area contributed by atoms with Gasteiger partial charge in [-0.15, -0.1) is 0 Å². The Morgan fingerprint density at radius 2 is 1.91 bits per heavy atom. The molecule has 0 radical (unpaired) electrons. The Kier molecular flexibility index (Phi) is 4.06. The molecule has 0 aliphatic heterocycles. The van der Waals surface area contributed by atoms with Crippen molar-refractivity contribution >= 4 is 39.2 Å². The molecule has 2 aromatic heterocycles. The van der Waals surface area contributed by atoms with Crippen LogP contribution in [-0.4, -0.2) is 15.1 Å². The van der Waals surface area contributed by atoms with Crippen LogP contribution in [0.5, 0.6) is 0 Å². The molecular weight excluding hydrogens is 346 g/mol. The topological polar surface area (TPSA) is 75.9 Å². The van der Waals surface area contributed by atoms with Crippen LogP contribution in [0.2, 0.25) is 0 Å². The summed E-state index contributed by atoms with van der Waals surface area (Å²) >= 11 is 3.45. The number of benzene rings is 1. The van der Waals surface area contributed by atoms with Crippen LogP contribution in [0.15, 0.2) is 45.5 Å². The van der Waals surface area contributed by atoms with Crippen LogP contribution < -0.4 is 10.6 Å². The van der Waals surface area contributed by atoms with Gasteiger partial charge in [0.15, 0.2) is 5.82 Å². The first kappa shape index (κ1) is 14.5. The van der Waals surface area contributed by atoms with Crippen LogP contribution in [0.25, 0.3) is 0 Å². The predicted molar refractivity (Wildman–Crippen MR) is 88.7 cm³/mol. The first-order chi connectivity index (χ1) is 10.6. The molecular formula is C15H14BrN5O. The molecule has 1 aromatic carbocycles. The van der Waals surface area contributed by atoms with Crippen molar-refractivity contribution in [2.75, 3.05) is 10.6 Å². The third-order valence-corrected chi connectivity index (χ3v) is 3.47. The maximum Gasteiger partial charge on any atom is 0.229 e. The molecule has 0 atom stereocenters. The van der Waals surface area contributed by atoms with E-state index in [2.05, 4.69) is 41.7 Å². The predicted octanol–water partition coefficient (Wildman–Crippen LogP) is 4.33. The second kappa shape index (κ2) is 6.15. The van der Waals surface area contributed by atoms with E-state index in [1.165, 1.54) is 0 Å². The Morgan fingerprint density at radius 3 is 2.64 bits per heavy atom. The Labute approximate surface area is 136 Å². The van der Waals surface area contributed by atoms with Gasteiger partial charge in [-0.3, -0.25) is 0 Å². The van der Waals surface area contributed by atoms with E-state index in [0.29, 0.717) is 17.6 Å². The number of hydrogen-bond donors (Lipinski definition) is 2. The zero-order chi connectivity index (χ0) is 15.5. The standard InChI is InChI=1S/C15H14BrN5O/c1-9-7-11(16)3-4-12(9)18-15-17-6-5-13(20-15)19-14-8-10(2)22-21-14/h3-8H,1-2H3,(H2,17,18,19,20,21). The summed E-state index contributed by atoms with van der Waals surface area (Å²) in [6.45, 7) is 3.86. The fraction of sp³-hybridized carbons (Fsp3) is 0.133. The van der Waals surface area contributed by atoms with Crippen molar-refractivity contribution in [3.05, 3.63) is 52.3 Å². The van der Waals surface area contributed by atoms with Crippen LogP contribution in [-0.2, 0) is 0 Å². The number of aromatic nitrogens is 3. The zero-order valence-corrected chi connectivity index (χ0v) is 13.7. The lowest BCUT2D eigenvalue weighted by atomic mass is 10.2. The first-order valence-corrected chi connectivity index (χ1v) is 7.46. The van der Waals surface area contributed by atoms with Gasteiger partial charge in [0.05, 0.1) is 0 Å². The highest BCUT2D eigenvalue weighted by atomic mass is 79.9. The summed E-state index contributed by atoms with van der Waals surface area (Å²) in [5.41, 5.74) is 2.06. The molecule has 0 saturated heterocycles. The lowest BCUT2D eigenvalue weighted by Crippen LogP contribution is -2.01. The summed E-state index contributed by atoms with van der Waals surface area (Å²) < 4.78 is 6.05. The normalized spacial score (nSPS) is 10.5. The van der Waals surface area contributed by atoms with E-state index < -0.39 is 0 Å². The van der Waals surface area contributed by atoms with Crippen molar-refractivity contribution in [3.63, 3.8) is 0 Å². The van der Waals surface area contributed by atoms with Crippen LogP contribution in [0.4, 0.5) is 23.3 Å². The van der Waals surface area contributed by atoms with Crippen molar-refractivity contribution in [2.45, 2.75) is 13.8 Å². The summed E-state index contributed by atoms with van der Waals surface area (Å²) in [4.78, 5) is 8.64. The third kappa shape index (κ3) is 3.43. The molecule has 3 rings (SSSR count). The highest BCUT2D eigenvalue weighted by molar-refractivity contribution is 9.10. The molecule has 0 bridgehead atoms. The van der Waals surface area contributed by atoms with Gasteiger partial charge in [-0.25, -0.2) is 4.98 Å². The molecule has 22 heavy (non-hydrogen) atoms. The zero-order valence-electron chi connectivity index (χ0n) is 12.1. The number of aryl methyl sites for hydroxylation is 2. The van der Waals surface area contributed by atoms with E-state index in [4.69, 9.17) is 4.52 Å². The van der Waals surface area contributed by atoms with E-state index in [1.54, 1.807) is 18.3 Å². The second-order valence-corrected chi connectivity index (χ2v) is 5.71. The highest BCUT2D eigenvalue weighted by Gasteiger charge is 2.05. The molecule has 0 spiro atoms. The molecule has 0 amide bonds. The molecule has 2 heterocycles. The summed E-state index contributed by atoms with van der Waals surface area (Å²) in [6, 6.07) is 9.54. The summed E-state index contributed by atoms with van der Waals surface area (Å²) in [5.74, 6) is 2.50. The lowest BCUT2D eigenvalue weighted by molar-refractivity contribution is 0.400. The Bertz CT molecular complexity index is 802. The van der Waals surface area contributed by atoms with Gasteiger partial charge in [0, 0.05) is 22.4 Å². The smallest absolute Gasteiger partial charge is 0.229 e. The molecule has 0 aliphatic rings. The van der Waals surface area contributed by atoms with Crippen molar-refractivity contribution in [3.8, 4) is 0 Å². The molecule has 112 valence electrons. The van der Waals surface area contributed by atoms with Crippen LogP contribution in [0, 0.1) is 13.8 Å². The average molecular weight is 360 g/mol. The fourth-order valence-corrected chi connectivity index (χ4v) is 2.41. The number of nitrogens with one attached hydrogen (secondary N) is 2. The minimum absolute atomic E-state index is 0.510. The largest absolute Gasteiger partial charge is 0.360 e. The maximum absolute atomic E-state index is 5.01. The summed E-state index contributed by atoms with van der Waals surface area (Å²) in [5, 5.41) is 10.2. The highest BCUT2D eigenvalue weighted by Crippen LogP contribution is 2.23. The van der Waals surface area contributed by atoms with Crippen molar-refractivity contribution < 1.29 is 4.52 Å². The van der Waals surface area contributed by atoms with Gasteiger partial charge >= 0.3 is 0 Å². The van der Waals surface area contributed by atoms with E-state index in [0.717, 1.165) is 21.5 Å². The number of nitrogens with zero attached hydrogens (tertiary/aromatic N) is 3. The monoisotopic (exact) mass is 359 g/mol. The number of hydrogen-bond acceptors (Lipinski definition) is 6. The average Bonchev–Trinajstić information content (AvgIpc) is 2.88. The van der Waals surface area contributed by atoms with Crippen LogP contribution in [0.1, 0.15) is 11.3 Å². The maximum atomic E-state index is 5.01. The molecule has 0 saturated carbocycles. The van der Waals surface area contributed by atoms with E-state index >= 15 is 0 Å². The van der Waals surface area contributed by atoms with Gasteiger partial charge in [-0.2, -0.15) is 4.98 Å². The van der Waals surface area contributed by atoms with Crippen molar-refractivity contribution in [1.82, 2.24) is 15.1 Å². The molecule has 2 N–H and O–H groups in total. The van der Waals surface area contributed by atoms with E-state index in [1.807, 2.05) is 32.0 Å². The molecule has 0 aliphatic carbocycles. The van der Waals surface area contributed by atoms with E-state index in [9.17, 15) is 0 Å². The first-order valence-electron chi connectivity index (χ1n) is 6.67. The van der Waals surface area contributed by atoms with Crippen LogP contribution >= 0.6 is 15.9 Å². The van der Waals surface area contributed by atoms with Crippen LogP contribution in [0.3, 0.4) is 0 Å². The number of halogens is 1. The molecule has 7 heteroatoms. The fourth-order valence-electron chi connectivity index (χ4n) is 1.93. The quantitative estimate of drug-likeness (QED) is 0.721. The lowest BCUT2D eigenvalue weighted by Gasteiger charge is -2.09.